The molecule has 1 aromatic heterocycles. The van der Waals surface area contributed by atoms with Gasteiger partial charge in [0.25, 0.3) is 0 Å². The van der Waals surface area contributed by atoms with E-state index < -0.39 is 0 Å². The maximum atomic E-state index is 12.4. The van der Waals surface area contributed by atoms with Gasteiger partial charge >= 0.3 is 0 Å². The Morgan fingerprint density at radius 1 is 1.24 bits per heavy atom. The number of hydrogen-bond donors (Lipinski definition) is 1. The molecule has 4 nitrogen and oxygen atoms in total. The number of aryl methyl sites for hydroxylation is 3. The van der Waals surface area contributed by atoms with Gasteiger partial charge in [-0.05, 0) is 43.5 Å². The van der Waals surface area contributed by atoms with Crippen molar-refractivity contribution in [3.63, 3.8) is 0 Å². The molecule has 0 bridgehead atoms. The summed E-state index contributed by atoms with van der Waals surface area (Å²) in [6.45, 7) is 5.99. The molecular weight excluding hydrogens is 284 g/mol. The summed E-state index contributed by atoms with van der Waals surface area (Å²) < 4.78 is 1.81. The number of hydrogen-bond acceptors (Lipinski definition) is 4. The first-order valence-corrected chi connectivity index (χ1v) is 7.78. The fourth-order valence-corrected chi connectivity index (χ4v) is 3.03. The molecule has 0 saturated carbocycles. The lowest BCUT2D eigenvalue weighted by Gasteiger charge is -2.09. The van der Waals surface area contributed by atoms with Gasteiger partial charge in [-0.25, -0.2) is 4.98 Å². The van der Waals surface area contributed by atoms with Crippen LogP contribution in [0, 0.1) is 20.8 Å². The molecule has 0 fully saturated rings. The standard InChI is InChI=1S/C16H20N2O2S/c1-10-5-12(3)14(6-11(10)2)15(20)9-21-16-17-7-13(8-19)18(16)4/h5-7,19H,8-9H2,1-4H3. The summed E-state index contributed by atoms with van der Waals surface area (Å²) in [6, 6.07) is 4.02. The van der Waals surface area contributed by atoms with E-state index in [9.17, 15) is 4.79 Å². The molecule has 0 atom stereocenters. The molecule has 0 radical (unpaired) electrons. The van der Waals surface area contributed by atoms with Crippen LogP contribution in [0.1, 0.15) is 32.7 Å². The third-order valence-electron chi connectivity index (χ3n) is 3.68. The fourth-order valence-electron chi connectivity index (χ4n) is 2.18. The molecule has 1 aromatic carbocycles. The van der Waals surface area contributed by atoms with Gasteiger partial charge in [0.1, 0.15) is 0 Å². The predicted molar refractivity (Wildman–Crippen MR) is 84.8 cm³/mol. The van der Waals surface area contributed by atoms with Crippen LogP contribution in [0.25, 0.3) is 0 Å². The number of benzene rings is 1. The molecule has 2 rings (SSSR count). The largest absolute Gasteiger partial charge is 0.390 e. The van der Waals surface area contributed by atoms with Crippen LogP contribution in [0.15, 0.2) is 23.5 Å². The molecule has 0 saturated heterocycles. The van der Waals surface area contributed by atoms with E-state index in [0.29, 0.717) is 5.75 Å². The van der Waals surface area contributed by atoms with Crippen LogP contribution < -0.4 is 0 Å². The zero-order chi connectivity index (χ0) is 15.6. The van der Waals surface area contributed by atoms with Crippen molar-refractivity contribution in [2.75, 3.05) is 5.75 Å². The molecule has 2 aromatic rings. The first-order valence-electron chi connectivity index (χ1n) is 6.79. The zero-order valence-corrected chi connectivity index (χ0v) is 13.6. The van der Waals surface area contributed by atoms with Crippen LogP contribution in [0.3, 0.4) is 0 Å². The highest BCUT2D eigenvalue weighted by Crippen LogP contribution is 2.21. The van der Waals surface area contributed by atoms with E-state index in [1.165, 1.54) is 17.3 Å². The van der Waals surface area contributed by atoms with E-state index in [2.05, 4.69) is 18.0 Å². The van der Waals surface area contributed by atoms with Crippen LogP contribution in [-0.2, 0) is 13.7 Å². The number of nitrogens with zero attached hydrogens (tertiary/aromatic N) is 2. The number of rotatable bonds is 5. The van der Waals surface area contributed by atoms with Gasteiger partial charge in [0, 0.05) is 12.6 Å². The van der Waals surface area contributed by atoms with Crippen molar-refractivity contribution >= 4 is 17.5 Å². The minimum absolute atomic E-state index is 0.0473. The molecular formula is C16H20N2O2S. The minimum atomic E-state index is -0.0473. The molecule has 1 heterocycles. The molecule has 0 amide bonds. The van der Waals surface area contributed by atoms with Gasteiger partial charge in [-0.15, -0.1) is 0 Å². The second-order valence-electron chi connectivity index (χ2n) is 5.21. The van der Waals surface area contributed by atoms with E-state index in [0.717, 1.165) is 27.5 Å². The van der Waals surface area contributed by atoms with Crippen LogP contribution in [0.2, 0.25) is 0 Å². The van der Waals surface area contributed by atoms with Gasteiger partial charge in [0.2, 0.25) is 0 Å². The number of ketones is 1. The minimum Gasteiger partial charge on any atom is -0.390 e. The lowest BCUT2D eigenvalue weighted by Crippen LogP contribution is -2.07. The van der Waals surface area contributed by atoms with Crippen molar-refractivity contribution in [3.05, 3.63) is 46.3 Å². The van der Waals surface area contributed by atoms with E-state index >= 15 is 0 Å². The Hall–Kier alpha value is -1.59. The molecule has 5 heteroatoms. The van der Waals surface area contributed by atoms with Crippen molar-refractivity contribution in [1.29, 1.82) is 0 Å². The van der Waals surface area contributed by atoms with E-state index in [1.54, 1.807) is 6.20 Å². The Bertz CT molecular complexity index is 677. The quantitative estimate of drug-likeness (QED) is 0.682. The van der Waals surface area contributed by atoms with Gasteiger partial charge in [-0.1, -0.05) is 17.8 Å². The maximum absolute atomic E-state index is 12.4. The summed E-state index contributed by atoms with van der Waals surface area (Å²) in [7, 11) is 1.84. The second-order valence-corrected chi connectivity index (χ2v) is 6.15. The van der Waals surface area contributed by atoms with E-state index in [4.69, 9.17) is 5.11 Å². The average molecular weight is 304 g/mol. The summed E-state index contributed by atoms with van der Waals surface area (Å²) in [5, 5.41) is 9.89. The highest BCUT2D eigenvalue weighted by atomic mass is 32.2. The SMILES string of the molecule is Cc1cc(C)c(C(=O)CSc2ncc(CO)n2C)cc1C. The lowest BCUT2D eigenvalue weighted by molar-refractivity contribution is 0.102. The lowest BCUT2D eigenvalue weighted by atomic mass is 9.99. The Kier molecular flexibility index (Phi) is 4.85. The van der Waals surface area contributed by atoms with Crippen LogP contribution in [-0.4, -0.2) is 26.2 Å². The molecule has 0 aliphatic carbocycles. The molecule has 0 aliphatic rings. The summed E-state index contributed by atoms with van der Waals surface area (Å²) in [5.41, 5.74) is 4.87. The van der Waals surface area contributed by atoms with Gasteiger partial charge in [0.05, 0.1) is 24.3 Å². The van der Waals surface area contributed by atoms with Crippen molar-refractivity contribution in [3.8, 4) is 0 Å². The van der Waals surface area contributed by atoms with Crippen LogP contribution >= 0.6 is 11.8 Å². The summed E-state index contributed by atoms with van der Waals surface area (Å²) >= 11 is 1.40. The van der Waals surface area contributed by atoms with Gasteiger partial charge < -0.3 is 9.67 Å². The molecule has 21 heavy (non-hydrogen) atoms. The first kappa shape index (κ1) is 15.8. The number of thioether (sulfide) groups is 1. The molecule has 112 valence electrons. The molecule has 0 aliphatic heterocycles. The van der Waals surface area contributed by atoms with Crippen LogP contribution in [0.4, 0.5) is 0 Å². The molecule has 1 N–H and O–H groups in total. The summed E-state index contributed by atoms with van der Waals surface area (Å²) in [6.07, 6.45) is 1.63. The summed E-state index contributed by atoms with van der Waals surface area (Å²) in [4.78, 5) is 16.6. The number of aliphatic hydroxyl groups excluding tert-OH is 1. The maximum Gasteiger partial charge on any atom is 0.173 e. The Morgan fingerprint density at radius 3 is 2.52 bits per heavy atom. The Balaban J connectivity index is 2.12. The third-order valence-corrected chi connectivity index (χ3v) is 4.72. The van der Waals surface area contributed by atoms with Crippen molar-refractivity contribution in [2.24, 2.45) is 7.05 Å². The molecule has 0 spiro atoms. The van der Waals surface area contributed by atoms with E-state index in [1.807, 2.05) is 31.5 Å². The highest BCUT2D eigenvalue weighted by molar-refractivity contribution is 7.99. The molecule has 0 unspecified atom stereocenters. The van der Waals surface area contributed by atoms with Crippen molar-refractivity contribution in [2.45, 2.75) is 32.5 Å². The van der Waals surface area contributed by atoms with Gasteiger partial charge in [-0.3, -0.25) is 4.79 Å². The van der Waals surface area contributed by atoms with Crippen molar-refractivity contribution < 1.29 is 9.90 Å². The normalized spacial score (nSPS) is 10.9. The Labute approximate surface area is 129 Å². The summed E-state index contributed by atoms with van der Waals surface area (Å²) in [5.74, 6) is 0.452. The number of aromatic nitrogens is 2. The first-order chi connectivity index (χ1) is 9.93. The fraction of sp³-hybridized carbons (Fsp3) is 0.375. The number of aliphatic hydroxyl groups is 1. The predicted octanol–water partition coefficient (Wildman–Crippen LogP) is 2.81. The second kappa shape index (κ2) is 6.45. The number of imidazole rings is 1. The number of Topliss-reactive ketones (excluding diaryl/α,β-unsaturated/α-hetero) is 1. The number of carbonyl (C=O) groups is 1. The zero-order valence-electron chi connectivity index (χ0n) is 12.8. The van der Waals surface area contributed by atoms with Crippen molar-refractivity contribution in [1.82, 2.24) is 9.55 Å². The van der Waals surface area contributed by atoms with Crippen LogP contribution in [0.5, 0.6) is 0 Å². The number of carbonyl (C=O) groups excluding carboxylic acids is 1. The van der Waals surface area contributed by atoms with Gasteiger partial charge in [0.15, 0.2) is 10.9 Å². The van der Waals surface area contributed by atoms with E-state index in [-0.39, 0.29) is 12.4 Å². The average Bonchev–Trinajstić information content (AvgIpc) is 2.80. The highest BCUT2D eigenvalue weighted by Gasteiger charge is 2.13. The Morgan fingerprint density at radius 2 is 1.90 bits per heavy atom. The topological polar surface area (TPSA) is 55.1 Å². The van der Waals surface area contributed by atoms with Gasteiger partial charge in [-0.2, -0.15) is 0 Å². The third kappa shape index (κ3) is 3.36. The monoisotopic (exact) mass is 304 g/mol. The smallest absolute Gasteiger partial charge is 0.173 e.